The van der Waals surface area contributed by atoms with Gasteiger partial charge in [0.1, 0.15) is 0 Å². The number of nitrogens with one attached hydrogen (secondary N) is 1. The van der Waals surface area contributed by atoms with Gasteiger partial charge in [0.15, 0.2) is 0 Å². The molecule has 0 saturated heterocycles. The highest BCUT2D eigenvalue weighted by Gasteiger charge is 2.04. The predicted octanol–water partition coefficient (Wildman–Crippen LogP) is 2.22. The van der Waals surface area contributed by atoms with Crippen molar-refractivity contribution < 1.29 is 0 Å². The Bertz CT molecular complexity index is 264. The van der Waals surface area contributed by atoms with Gasteiger partial charge in [0, 0.05) is 18.8 Å². The minimum atomic E-state index is 0.638. The van der Waals surface area contributed by atoms with E-state index in [1.165, 1.54) is 18.4 Å². The maximum Gasteiger partial charge on any atom is 0.0521 e. The fourth-order valence-electron chi connectivity index (χ4n) is 1.78. The Morgan fingerprint density at radius 1 is 1.47 bits per heavy atom. The number of aryl methyl sites for hydroxylation is 2. The van der Waals surface area contributed by atoms with Gasteiger partial charge in [-0.25, -0.2) is 0 Å². The Balaban J connectivity index is 2.36. The molecule has 3 heteroatoms. The largest absolute Gasteiger partial charge is 0.317 e. The van der Waals surface area contributed by atoms with Crippen LogP contribution < -0.4 is 5.32 Å². The summed E-state index contributed by atoms with van der Waals surface area (Å²) in [5, 5.41) is 7.66. The molecule has 1 unspecified atom stereocenters. The van der Waals surface area contributed by atoms with Crippen molar-refractivity contribution >= 4 is 0 Å². The molecular weight excluding hydrogens is 186 g/mol. The topological polar surface area (TPSA) is 29.9 Å². The van der Waals surface area contributed by atoms with E-state index in [1.54, 1.807) is 0 Å². The van der Waals surface area contributed by atoms with Gasteiger partial charge in [0.05, 0.1) is 6.20 Å². The molecule has 0 spiro atoms. The molecule has 3 nitrogen and oxygen atoms in total. The first-order valence-corrected chi connectivity index (χ1v) is 5.98. The molecule has 0 aliphatic rings. The van der Waals surface area contributed by atoms with E-state index in [9.17, 15) is 0 Å². The number of hydrogen-bond donors (Lipinski definition) is 1. The van der Waals surface area contributed by atoms with Crippen LogP contribution in [0.15, 0.2) is 12.4 Å². The molecule has 15 heavy (non-hydrogen) atoms. The molecule has 0 aliphatic carbocycles. The van der Waals surface area contributed by atoms with Crippen molar-refractivity contribution in [1.29, 1.82) is 0 Å². The van der Waals surface area contributed by atoms with Crippen molar-refractivity contribution in [2.75, 3.05) is 7.05 Å². The third kappa shape index (κ3) is 4.04. The molecule has 1 heterocycles. The second-order valence-electron chi connectivity index (χ2n) is 4.04. The van der Waals surface area contributed by atoms with Gasteiger partial charge in [0.2, 0.25) is 0 Å². The van der Waals surface area contributed by atoms with Gasteiger partial charge in [-0.3, -0.25) is 4.68 Å². The summed E-state index contributed by atoms with van der Waals surface area (Å²) in [7, 11) is 2.04. The van der Waals surface area contributed by atoms with E-state index in [-0.39, 0.29) is 0 Å². The first-order valence-electron chi connectivity index (χ1n) is 5.98. The molecule has 86 valence electrons. The zero-order chi connectivity index (χ0) is 11.1. The SMILES string of the molecule is CCCn1cc(CCC(CC)NC)cn1. The summed E-state index contributed by atoms with van der Waals surface area (Å²) in [6.45, 7) is 5.43. The summed E-state index contributed by atoms with van der Waals surface area (Å²) >= 11 is 0. The number of nitrogens with zero attached hydrogens (tertiary/aromatic N) is 2. The lowest BCUT2D eigenvalue weighted by molar-refractivity contribution is 0.508. The van der Waals surface area contributed by atoms with Crippen LogP contribution in [0.25, 0.3) is 0 Å². The van der Waals surface area contributed by atoms with Crippen LogP contribution in [0, 0.1) is 0 Å². The summed E-state index contributed by atoms with van der Waals surface area (Å²) in [5.74, 6) is 0. The maximum absolute atomic E-state index is 4.33. The lowest BCUT2D eigenvalue weighted by Crippen LogP contribution is -2.24. The van der Waals surface area contributed by atoms with Gasteiger partial charge in [-0.1, -0.05) is 13.8 Å². The summed E-state index contributed by atoms with van der Waals surface area (Å²) in [5.41, 5.74) is 1.36. The van der Waals surface area contributed by atoms with Crippen molar-refractivity contribution in [2.45, 2.75) is 52.1 Å². The zero-order valence-corrected chi connectivity index (χ0v) is 10.2. The summed E-state index contributed by atoms with van der Waals surface area (Å²) in [4.78, 5) is 0. The van der Waals surface area contributed by atoms with Gasteiger partial charge >= 0.3 is 0 Å². The molecule has 0 radical (unpaired) electrons. The van der Waals surface area contributed by atoms with Crippen molar-refractivity contribution in [1.82, 2.24) is 15.1 Å². The summed E-state index contributed by atoms with van der Waals surface area (Å²) < 4.78 is 2.04. The number of rotatable bonds is 7. The molecule has 0 saturated carbocycles. The molecule has 0 aromatic carbocycles. The van der Waals surface area contributed by atoms with E-state index in [1.807, 2.05) is 17.9 Å². The predicted molar refractivity (Wildman–Crippen MR) is 64.0 cm³/mol. The third-order valence-corrected chi connectivity index (χ3v) is 2.82. The zero-order valence-electron chi connectivity index (χ0n) is 10.2. The van der Waals surface area contributed by atoms with Crippen molar-refractivity contribution in [3.05, 3.63) is 18.0 Å². The molecule has 1 N–H and O–H groups in total. The summed E-state index contributed by atoms with van der Waals surface area (Å²) in [6.07, 6.45) is 8.84. The lowest BCUT2D eigenvalue weighted by Gasteiger charge is -2.12. The van der Waals surface area contributed by atoms with E-state index in [2.05, 4.69) is 30.5 Å². The van der Waals surface area contributed by atoms with Crippen molar-refractivity contribution in [3.8, 4) is 0 Å². The first-order chi connectivity index (χ1) is 7.30. The van der Waals surface area contributed by atoms with Gasteiger partial charge in [-0.2, -0.15) is 5.10 Å². The molecule has 0 fully saturated rings. The molecule has 0 amide bonds. The van der Waals surface area contributed by atoms with Crippen LogP contribution in [0.1, 0.15) is 38.7 Å². The number of aromatic nitrogens is 2. The Kier molecular flexibility index (Phi) is 5.40. The van der Waals surface area contributed by atoms with Crippen LogP contribution >= 0.6 is 0 Å². The van der Waals surface area contributed by atoms with Crippen LogP contribution in [-0.2, 0) is 13.0 Å². The normalized spacial score (nSPS) is 13.0. The lowest BCUT2D eigenvalue weighted by atomic mass is 10.1. The van der Waals surface area contributed by atoms with Crippen LogP contribution in [0.2, 0.25) is 0 Å². The molecule has 0 bridgehead atoms. The average Bonchev–Trinajstić information content (AvgIpc) is 2.68. The highest BCUT2D eigenvalue weighted by molar-refractivity contribution is 5.04. The second kappa shape index (κ2) is 6.62. The minimum absolute atomic E-state index is 0.638. The van der Waals surface area contributed by atoms with Gasteiger partial charge < -0.3 is 5.32 Å². The summed E-state index contributed by atoms with van der Waals surface area (Å²) in [6, 6.07) is 0.638. The number of hydrogen-bond acceptors (Lipinski definition) is 2. The van der Waals surface area contributed by atoms with Crippen LogP contribution in [0.4, 0.5) is 0 Å². The first kappa shape index (κ1) is 12.2. The Morgan fingerprint density at radius 3 is 2.87 bits per heavy atom. The van der Waals surface area contributed by atoms with E-state index in [0.717, 1.165) is 19.4 Å². The Morgan fingerprint density at radius 2 is 2.27 bits per heavy atom. The highest BCUT2D eigenvalue weighted by Crippen LogP contribution is 2.06. The highest BCUT2D eigenvalue weighted by atomic mass is 15.3. The van der Waals surface area contributed by atoms with E-state index in [4.69, 9.17) is 0 Å². The smallest absolute Gasteiger partial charge is 0.0521 e. The minimum Gasteiger partial charge on any atom is -0.317 e. The third-order valence-electron chi connectivity index (χ3n) is 2.82. The Hall–Kier alpha value is -0.830. The van der Waals surface area contributed by atoms with Crippen molar-refractivity contribution in [3.63, 3.8) is 0 Å². The van der Waals surface area contributed by atoms with Crippen LogP contribution in [0.5, 0.6) is 0 Å². The van der Waals surface area contributed by atoms with E-state index >= 15 is 0 Å². The van der Waals surface area contributed by atoms with Gasteiger partial charge in [0.25, 0.3) is 0 Å². The fraction of sp³-hybridized carbons (Fsp3) is 0.750. The average molecular weight is 209 g/mol. The maximum atomic E-state index is 4.33. The molecule has 1 aromatic heterocycles. The Labute approximate surface area is 92.9 Å². The van der Waals surface area contributed by atoms with E-state index in [0.29, 0.717) is 6.04 Å². The molecule has 0 aliphatic heterocycles. The quantitative estimate of drug-likeness (QED) is 0.746. The standard InChI is InChI=1S/C12H23N3/c1-4-8-15-10-11(9-14-15)6-7-12(5-2)13-3/h9-10,12-13H,4-8H2,1-3H3. The van der Waals surface area contributed by atoms with E-state index < -0.39 is 0 Å². The monoisotopic (exact) mass is 209 g/mol. The molecular formula is C12H23N3. The van der Waals surface area contributed by atoms with Crippen LogP contribution in [0.3, 0.4) is 0 Å². The second-order valence-corrected chi connectivity index (χ2v) is 4.04. The van der Waals surface area contributed by atoms with Gasteiger partial charge in [-0.05, 0) is 38.3 Å². The van der Waals surface area contributed by atoms with Crippen molar-refractivity contribution in [2.24, 2.45) is 0 Å². The fourth-order valence-corrected chi connectivity index (χ4v) is 1.78. The molecule has 1 rings (SSSR count). The van der Waals surface area contributed by atoms with Crippen LogP contribution in [-0.4, -0.2) is 22.9 Å². The molecule has 1 atom stereocenters. The van der Waals surface area contributed by atoms with Gasteiger partial charge in [-0.15, -0.1) is 0 Å². The molecule has 1 aromatic rings.